The van der Waals surface area contributed by atoms with Crippen LogP contribution in [-0.2, 0) is 23.7 Å². The summed E-state index contributed by atoms with van der Waals surface area (Å²) in [5.74, 6) is 0. The Kier molecular flexibility index (Phi) is 8.90. The van der Waals surface area contributed by atoms with Crippen LogP contribution in [0.2, 0.25) is 0 Å². The maximum atomic E-state index is 4.02. The van der Waals surface area contributed by atoms with E-state index < -0.39 is 0 Å². The molecule has 0 amide bonds. The van der Waals surface area contributed by atoms with Crippen molar-refractivity contribution in [3.8, 4) is 22.3 Å². The third-order valence-electron chi connectivity index (χ3n) is 12.4. The van der Waals surface area contributed by atoms with Gasteiger partial charge in [0, 0.05) is 9.89 Å². The molecular formula is C54H47Br. The highest BCUT2D eigenvalue weighted by atomic mass is 79.9. The van der Waals surface area contributed by atoms with Gasteiger partial charge >= 0.3 is 0 Å². The molecule has 0 saturated carbocycles. The maximum absolute atomic E-state index is 4.02. The third-order valence-corrected chi connectivity index (χ3v) is 12.8. The molecule has 1 atom stereocenters. The molecule has 0 bridgehead atoms. The summed E-state index contributed by atoms with van der Waals surface area (Å²) in [7, 11) is 0. The number of rotatable bonds is 10. The largest absolute Gasteiger partial charge is 0.0985 e. The number of halogens is 1. The Morgan fingerprint density at radius 1 is 0.564 bits per heavy atom. The van der Waals surface area contributed by atoms with Crippen molar-refractivity contribution in [3.63, 3.8) is 0 Å². The minimum Gasteiger partial charge on any atom is -0.0985 e. The van der Waals surface area contributed by atoms with Crippen LogP contribution in [0, 0.1) is 0 Å². The van der Waals surface area contributed by atoms with Crippen LogP contribution < -0.4 is 0 Å². The van der Waals surface area contributed by atoms with E-state index >= 15 is 0 Å². The molecular weight excluding hydrogens is 728 g/mol. The van der Waals surface area contributed by atoms with Gasteiger partial charge in [0.1, 0.15) is 0 Å². The summed E-state index contributed by atoms with van der Waals surface area (Å²) >= 11 is 3.90. The SMILES string of the molecule is C=Cc1ccc(CCCCC2(Cc3ccc(C=C)cc3)c3cc(Br)ccc3-c3ccc(-c4ccc5ccc6cc(C(C)(C)C)cc7ccc4c5c67)cc32)cc1. The number of hydrogen-bond acceptors (Lipinski definition) is 0. The van der Waals surface area contributed by atoms with Crippen molar-refractivity contribution in [1.29, 1.82) is 0 Å². The average Bonchev–Trinajstić information content (AvgIpc) is 3.45. The van der Waals surface area contributed by atoms with Gasteiger partial charge < -0.3 is 0 Å². The average molecular weight is 776 g/mol. The van der Waals surface area contributed by atoms with Crippen LogP contribution in [0.1, 0.15) is 79.0 Å². The molecule has 0 radical (unpaired) electrons. The van der Waals surface area contributed by atoms with Gasteiger partial charge in [0.15, 0.2) is 0 Å². The minimum atomic E-state index is -0.181. The number of unbranched alkanes of at least 4 members (excludes halogenated alkanes) is 1. The monoisotopic (exact) mass is 774 g/mol. The van der Waals surface area contributed by atoms with Gasteiger partial charge in [0.25, 0.3) is 0 Å². The highest BCUT2D eigenvalue weighted by Gasteiger charge is 2.43. The first kappa shape index (κ1) is 35.5. The van der Waals surface area contributed by atoms with Crippen molar-refractivity contribution in [3.05, 3.63) is 190 Å². The maximum Gasteiger partial charge on any atom is 0.0256 e. The minimum absolute atomic E-state index is 0.0877. The number of hydrogen-bond donors (Lipinski definition) is 0. The molecule has 1 aliphatic rings. The van der Waals surface area contributed by atoms with E-state index in [4.69, 9.17) is 0 Å². The predicted octanol–water partition coefficient (Wildman–Crippen LogP) is 15.5. The second-order valence-corrected chi connectivity index (χ2v) is 17.7. The molecule has 0 aromatic heterocycles. The van der Waals surface area contributed by atoms with Crippen LogP contribution >= 0.6 is 15.9 Å². The normalized spacial score (nSPS) is 15.1. The molecule has 55 heavy (non-hydrogen) atoms. The fourth-order valence-electron chi connectivity index (χ4n) is 9.38. The van der Waals surface area contributed by atoms with Crippen molar-refractivity contribution in [2.75, 3.05) is 0 Å². The Hall–Kier alpha value is -5.24. The van der Waals surface area contributed by atoms with Gasteiger partial charge in [0.05, 0.1) is 0 Å². The van der Waals surface area contributed by atoms with Crippen LogP contribution in [0.5, 0.6) is 0 Å². The molecule has 0 spiro atoms. The molecule has 8 aromatic carbocycles. The molecule has 1 heteroatoms. The van der Waals surface area contributed by atoms with Crippen molar-refractivity contribution < 1.29 is 0 Å². The van der Waals surface area contributed by atoms with E-state index in [0.717, 1.165) is 42.1 Å². The second kappa shape index (κ2) is 13.8. The molecule has 0 heterocycles. The zero-order valence-electron chi connectivity index (χ0n) is 32.2. The molecule has 1 aliphatic carbocycles. The summed E-state index contributed by atoms with van der Waals surface area (Å²) in [5, 5.41) is 8.02. The number of fused-ring (bicyclic) bond motifs is 3. The van der Waals surface area contributed by atoms with E-state index in [2.05, 4.69) is 183 Å². The summed E-state index contributed by atoms with van der Waals surface area (Å²) in [4.78, 5) is 0. The Bertz CT molecular complexity index is 2720. The fourth-order valence-corrected chi connectivity index (χ4v) is 9.74. The molecule has 8 aromatic rings. The summed E-state index contributed by atoms with van der Waals surface area (Å²) in [6, 6.07) is 51.1. The highest BCUT2D eigenvalue weighted by molar-refractivity contribution is 9.10. The van der Waals surface area contributed by atoms with Crippen molar-refractivity contribution in [2.24, 2.45) is 0 Å². The van der Waals surface area contributed by atoms with Gasteiger partial charge in [-0.2, -0.15) is 0 Å². The lowest BCUT2D eigenvalue weighted by Crippen LogP contribution is -2.28. The molecule has 0 fully saturated rings. The molecule has 0 N–H and O–H groups in total. The van der Waals surface area contributed by atoms with Crippen LogP contribution in [0.3, 0.4) is 0 Å². The Labute approximate surface area is 334 Å². The van der Waals surface area contributed by atoms with Crippen LogP contribution in [0.25, 0.3) is 66.7 Å². The summed E-state index contributed by atoms with van der Waals surface area (Å²) in [6.45, 7) is 14.9. The first-order valence-electron chi connectivity index (χ1n) is 19.8. The lowest BCUT2D eigenvalue weighted by atomic mass is 9.69. The third kappa shape index (κ3) is 6.24. The first-order chi connectivity index (χ1) is 26.6. The van der Waals surface area contributed by atoms with E-state index in [1.165, 1.54) is 88.0 Å². The van der Waals surface area contributed by atoms with Gasteiger partial charge in [-0.05, 0) is 143 Å². The topological polar surface area (TPSA) is 0 Å². The molecule has 270 valence electrons. The van der Waals surface area contributed by atoms with Gasteiger partial charge in [-0.1, -0.05) is 184 Å². The molecule has 1 unspecified atom stereocenters. The van der Waals surface area contributed by atoms with E-state index in [1.807, 2.05) is 12.2 Å². The van der Waals surface area contributed by atoms with Gasteiger partial charge in [-0.3, -0.25) is 0 Å². The molecule has 9 rings (SSSR count). The Balaban J connectivity index is 1.18. The van der Waals surface area contributed by atoms with E-state index in [-0.39, 0.29) is 10.8 Å². The zero-order chi connectivity index (χ0) is 37.9. The summed E-state index contributed by atoms with van der Waals surface area (Å²) in [5.41, 5.74) is 14.5. The first-order valence-corrected chi connectivity index (χ1v) is 20.5. The van der Waals surface area contributed by atoms with E-state index in [1.54, 1.807) is 0 Å². The van der Waals surface area contributed by atoms with Gasteiger partial charge in [-0.15, -0.1) is 0 Å². The predicted molar refractivity (Wildman–Crippen MR) is 243 cm³/mol. The van der Waals surface area contributed by atoms with Crippen molar-refractivity contribution in [1.82, 2.24) is 0 Å². The standard InChI is InChI=1S/C54H47Br/c1-6-35-11-15-37(16-12-35)10-8-9-29-54(34-38-17-13-36(7-2)14-18-38)49-32-40(22-26-46(49)47-28-24-44(55)33-50(47)54)45-25-21-39-19-20-41-30-43(53(3,4)5)31-42-23-27-48(45)52(39)51(41)42/h6-7,11-28,30-33H,1-2,8-10,29,34H2,3-5H3. The van der Waals surface area contributed by atoms with Crippen LogP contribution in [0.15, 0.2) is 151 Å². The zero-order valence-corrected chi connectivity index (χ0v) is 33.8. The lowest BCUT2D eigenvalue weighted by Gasteiger charge is -2.33. The summed E-state index contributed by atoms with van der Waals surface area (Å²) in [6.07, 6.45) is 9.18. The smallest absolute Gasteiger partial charge is 0.0256 e. The lowest BCUT2D eigenvalue weighted by molar-refractivity contribution is 0.453. The molecule has 0 saturated heterocycles. The number of benzene rings is 8. The second-order valence-electron chi connectivity index (χ2n) is 16.7. The molecule has 0 nitrogen and oxygen atoms in total. The number of aryl methyl sites for hydroxylation is 1. The fraction of sp³-hybridized carbons (Fsp3) is 0.185. The van der Waals surface area contributed by atoms with Gasteiger partial charge in [0.2, 0.25) is 0 Å². The van der Waals surface area contributed by atoms with Gasteiger partial charge in [-0.25, -0.2) is 0 Å². The molecule has 0 aliphatic heterocycles. The van der Waals surface area contributed by atoms with E-state index in [9.17, 15) is 0 Å². The Morgan fingerprint density at radius 2 is 1.15 bits per heavy atom. The quantitative estimate of drug-likeness (QED) is 0.0959. The highest BCUT2D eigenvalue weighted by Crippen LogP contribution is 2.55. The van der Waals surface area contributed by atoms with Crippen LogP contribution in [-0.4, -0.2) is 0 Å². The van der Waals surface area contributed by atoms with Crippen LogP contribution in [0.4, 0.5) is 0 Å². The summed E-state index contributed by atoms with van der Waals surface area (Å²) < 4.78 is 1.13. The van der Waals surface area contributed by atoms with Crippen molar-refractivity contribution in [2.45, 2.75) is 63.7 Å². The van der Waals surface area contributed by atoms with E-state index in [0.29, 0.717) is 0 Å². The Morgan fingerprint density at radius 3 is 1.82 bits per heavy atom. The van der Waals surface area contributed by atoms with Crippen molar-refractivity contribution >= 4 is 60.4 Å².